The van der Waals surface area contributed by atoms with Gasteiger partial charge >= 0.3 is 11.9 Å². The number of esters is 2. The Morgan fingerprint density at radius 3 is 1.39 bits per heavy atom. The fraction of sp³-hybridized carbons (Fsp3) is 0.611. The van der Waals surface area contributed by atoms with Gasteiger partial charge in [-0.1, -0.05) is 60.7 Å². The molecule has 4 aliphatic rings. The second-order valence-electron chi connectivity index (χ2n) is 13.8. The molecule has 240 valence electrons. The first-order valence-electron chi connectivity index (χ1n) is 16.2. The van der Waals surface area contributed by atoms with Crippen LogP contribution in [0.15, 0.2) is 60.7 Å². The zero-order chi connectivity index (χ0) is 31.5. The smallest absolute Gasteiger partial charge is 0.319 e. The Hall–Kier alpha value is -2.81. The van der Waals surface area contributed by atoms with Crippen molar-refractivity contribution in [3.8, 4) is 0 Å². The SMILES string of the molecule is CN1C2CCC1CC(OC(=O)C(C)(CF)c1ccccc1)C2.CN1C2CCC1CC(OC(=O)C(C)(CO)c1ccccc1)C2. The predicted octanol–water partition coefficient (Wildman–Crippen LogP) is 5.19. The molecule has 4 fully saturated rings. The molecule has 6 unspecified atom stereocenters. The number of hydrogen-bond donors (Lipinski definition) is 1. The van der Waals surface area contributed by atoms with Crippen LogP contribution in [0, 0.1) is 0 Å². The molecule has 8 heteroatoms. The highest BCUT2D eigenvalue weighted by Gasteiger charge is 2.45. The highest BCUT2D eigenvalue weighted by atomic mass is 19.1. The molecule has 4 saturated heterocycles. The van der Waals surface area contributed by atoms with Gasteiger partial charge in [-0.25, -0.2) is 4.39 Å². The summed E-state index contributed by atoms with van der Waals surface area (Å²) in [5, 5.41) is 9.79. The third-order valence-corrected chi connectivity index (χ3v) is 11.0. The van der Waals surface area contributed by atoms with Crippen LogP contribution in [0.2, 0.25) is 0 Å². The second-order valence-corrected chi connectivity index (χ2v) is 13.8. The summed E-state index contributed by atoms with van der Waals surface area (Å²) in [4.78, 5) is 30.1. The van der Waals surface area contributed by atoms with E-state index in [1.54, 1.807) is 26.0 Å². The molecule has 6 rings (SSSR count). The monoisotopic (exact) mass is 608 g/mol. The van der Waals surface area contributed by atoms with Crippen molar-refractivity contribution in [2.75, 3.05) is 27.4 Å². The maximum Gasteiger partial charge on any atom is 0.319 e. The summed E-state index contributed by atoms with van der Waals surface area (Å²) < 4.78 is 25.2. The van der Waals surface area contributed by atoms with E-state index in [9.17, 15) is 19.1 Å². The maximum atomic E-state index is 13.7. The molecule has 0 radical (unpaired) electrons. The lowest BCUT2D eigenvalue weighted by atomic mass is 9.83. The van der Waals surface area contributed by atoms with Gasteiger partial charge in [0.25, 0.3) is 0 Å². The van der Waals surface area contributed by atoms with E-state index >= 15 is 0 Å². The number of nitrogens with zero attached hydrogens (tertiary/aromatic N) is 2. The molecule has 4 bridgehead atoms. The lowest BCUT2D eigenvalue weighted by molar-refractivity contribution is -0.161. The van der Waals surface area contributed by atoms with Crippen LogP contribution in [0.1, 0.15) is 76.3 Å². The molecule has 0 aliphatic carbocycles. The van der Waals surface area contributed by atoms with Crippen LogP contribution in [0.4, 0.5) is 4.39 Å². The van der Waals surface area contributed by atoms with Crippen LogP contribution in [0.5, 0.6) is 0 Å². The number of piperidine rings is 2. The number of hydrogen-bond acceptors (Lipinski definition) is 7. The fourth-order valence-corrected chi connectivity index (χ4v) is 7.61. The zero-order valence-corrected chi connectivity index (χ0v) is 26.7. The average Bonchev–Trinajstić information content (AvgIpc) is 3.36. The number of carbonyl (C=O) groups is 2. The Morgan fingerprint density at radius 1 is 0.705 bits per heavy atom. The lowest BCUT2D eigenvalue weighted by Crippen LogP contribution is -2.46. The van der Waals surface area contributed by atoms with Crippen molar-refractivity contribution in [1.29, 1.82) is 0 Å². The van der Waals surface area contributed by atoms with Gasteiger partial charge in [-0.15, -0.1) is 0 Å². The summed E-state index contributed by atoms with van der Waals surface area (Å²) in [6, 6.07) is 20.6. The number of alkyl halides is 1. The van der Waals surface area contributed by atoms with Crippen molar-refractivity contribution in [3.05, 3.63) is 71.8 Å². The van der Waals surface area contributed by atoms with Crippen molar-refractivity contribution in [1.82, 2.24) is 9.80 Å². The molecule has 0 amide bonds. The van der Waals surface area contributed by atoms with Gasteiger partial charge in [0, 0.05) is 24.2 Å². The van der Waals surface area contributed by atoms with E-state index in [0.29, 0.717) is 29.7 Å². The van der Waals surface area contributed by atoms with Gasteiger partial charge in [-0.2, -0.15) is 0 Å². The highest BCUT2D eigenvalue weighted by Crippen LogP contribution is 2.38. The van der Waals surface area contributed by atoms with E-state index < -0.39 is 23.5 Å². The molecule has 0 aromatic heterocycles. The Morgan fingerprint density at radius 2 is 1.05 bits per heavy atom. The molecule has 0 saturated carbocycles. The Balaban J connectivity index is 0.000000175. The molecule has 0 spiro atoms. The lowest BCUT2D eigenvalue weighted by Gasteiger charge is -2.37. The van der Waals surface area contributed by atoms with E-state index in [2.05, 4.69) is 23.9 Å². The first-order chi connectivity index (χ1) is 21.1. The van der Waals surface area contributed by atoms with Gasteiger partial charge in [0.05, 0.1) is 6.61 Å². The number of carbonyl (C=O) groups excluding carboxylic acids is 2. The van der Waals surface area contributed by atoms with Crippen molar-refractivity contribution in [2.24, 2.45) is 0 Å². The first-order valence-corrected chi connectivity index (χ1v) is 16.2. The van der Waals surface area contributed by atoms with Crippen LogP contribution < -0.4 is 0 Å². The van der Waals surface area contributed by atoms with Gasteiger partial charge in [-0.3, -0.25) is 9.59 Å². The van der Waals surface area contributed by atoms with Gasteiger partial charge in [0.2, 0.25) is 0 Å². The number of aliphatic hydroxyl groups is 1. The largest absolute Gasteiger partial charge is 0.462 e. The summed E-state index contributed by atoms with van der Waals surface area (Å²) in [5.74, 6) is -0.745. The van der Waals surface area contributed by atoms with Crippen LogP contribution in [0.3, 0.4) is 0 Å². The summed E-state index contributed by atoms with van der Waals surface area (Å²) in [6.45, 7) is 2.41. The van der Waals surface area contributed by atoms with Crippen LogP contribution in [-0.4, -0.2) is 90.6 Å². The second kappa shape index (κ2) is 13.7. The van der Waals surface area contributed by atoms with Crippen LogP contribution >= 0.6 is 0 Å². The van der Waals surface area contributed by atoms with Crippen molar-refractivity contribution >= 4 is 11.9 Å². The fourth-order valence-electron chi connectivity index (χ4n) is 7.61. The number of rotatable bonds is 8. The average molecular weight is 609 g/mol. The van der Waals surface area contributed by atoms with Gasteiger partial charge in [-0.05, 0) is 90.4 Å². The first kappa shape index (κ1) is 32.6. The quantitative estimate of drug-likeness (QED) is 0.414. The Bertz CT molecular complexity index is 1140. The van der Waals surface area contributed by atoms with Crippen LogP contribution in [0.25, 0.3) is 0 Å². The minimum Gasteiger partial charge on any atom is -0.462 e. The summed E-state index contributed by atoms with van der Waals surface area (Å²) in [7, 11) is 4.32. The van der Waals surface area contributed by atoms with Crippen molar-refractivity contribution in [2.45, 2.75) is 112 Å². The van der Waals surface area contributed by atoms with Crippen molar-refractivity contribution < 1.29 is 28.6 Å². The van der Waals surface area contributed by atoms with E-state index in [1.807, 2.05) is 48.5 Å². The van der Waals surface area contributed by atoms with Crippen molar-refractivity contribution in [3.63, 3.8) is 0 Å². The molecule has 7 nitrogen and oxygen atoms in total. The molecular formula is C36H49FN2O5. The molecule has 6 atom stereocenters. The molecular weight excluding hydrogens is 559 g/mol. The molecule has 1 N–H and O–H groups in total. The number of fused-ring (bicyclic) bond motifs is 4. The van der Waals surface area contributed by atoms with Gasteiger partial charge < -0.3 is 24.4 Å². The molecule has 2 aromatic carbocycles. The minimum absolute atomic E-state index is 0.0178. The van der Waals surface area contributed by atoms with E-state index in [4.69, 9.17) is 9.47 Å². The third kappa shape index (κ3) is 6.58. The summed E-state index contributed by atoms with van der Waals surface area (Å²) in [5.41, 5.74) is -0.704. The van der Waals surface area contributed by atoms with Crippen LogP contribution in [-0.2, 0) is 29.9 Å². The predicted molar refractivity (Wildman–Crippen MR) is 168 cm³/mol. The normalized spacial score (nSPS) is 30.8. The van der Waals surface area contributed by atoms with Gasteiger partial charge in [0.15, 0.2) is 0 Å². The number of ether oxygens (including phenoxy) is 2. The minimum atomic E-state index is -1.20. The Labute approximate surface area is 261 Å². The zero-order valence-electron chi connectivity index (χ0n) is 26.7. The van der Waals surface area contributed by atoms with E-state index in [0.717, 1.165) is 31.2 Å². The highest BCUT2D eigenvalue weighted by molar-refractivity contribution is 5.83. The summed E-state index contributed by atoms with van der Waals surface area (Å²) >= 11 is 0. The standard InChI is InChI=1S/C18H24FNO2.C18H25NO3/c1-18(12-19,13-6-4-3-5-7-13)17(21)22-16-10-14-8-9-15(11-16)20(14)2;1-18(12-20,13-6-4-3-5-7-13)17(21)22-16-10-14-8-9-15(11-16)19(14)2/h3-7,14-16H,8-12H2,1-2H3;3-7,14-16,20H,8-12H2,1-2H3. The number of benzene rings is 2. The number of halogens is 1. The van der Waals surface area contributed by atoms with E-state index in [1.165, 1.54) is 25.7 Å². The maximum absolute atomic E-state index is 13.7. The van der Waals surface area contributed by atoms with Gasteiger partial charge in [0.1, 0.15) is 29.7 Å². The molecule has 4 aliphatic heterocycles. The molecule has 44 heavy (non-hydrogen) atoms. The number of aliphatic hydroxyl groups excluding tert-OH is 1. The third-order valence-electron chi connectivity index (χ3n) is 11.0. The topological polar surface area (TPSA) is 79.3 Å². The summed E-state index contributed by atoms with van der Waals surface area (Å²) in [6.07, 6.45) is 8.22. The van der Waals surface area contributed by atoms with E-state index in [-0.39, 0.29) is 24.8 Å². The molecule has 4 heterocycles. The molecule has 2 aromatic rings. The Kier molecular flexibility index (Phi) is 10.1.